The summed E-state index contributed by atoms with van der Waals surface area (Å²) in [6.45, 7) is 4.67. The maximum atomic E-state index is 5.21. The molecule has 2 heterocycles. The SMILES string of the molecule is CC1(C)c2ccccc2-c2ccc(-c3cc(-c4ccc(-c5ccccn5)cc4)cc(-c4nc(-c5ccccc5)cc(-c5ccccc5)n4)c3)cc21. The molecule has 0 spiro atoms. The van der Waals surface area contributed by atoms with E-state index in [9.17, 15) is 0 Å². The molecule has 1 aliphatic carbocycles. The highest BCUT2D eigenvalue weighted by Crippen LogP contribution is 2.49. The molecular formula is C48H35N3. The van der Waals surface area contributed by atoms with Gasteiger partial charge in [-0.1, -0.05) is 141 Å². The number of hydrogen-bond donors (Lipinski definition) is 0. The van der Waals surface area contributed by atoms with E-state index in [2.05, 4.69) is 158 Å². The summed E-state index contributed by atoms with van der Waals surface area (Å²) in [7, 11) is 0. The zero-order valence-corrected chi connectivity index (χ0v) is 28.6. The quantitative estimate of drug-likeness (QED) is 0.179. The Balaban J connectivity index is 1.23. The van der Waals surface area contributed by atoms with Crippen LogP contribution in [0.1, 0.15) is 25.0 Å². The summed E-state index contributed by atoms with van der Waals surface area (Å²) in [5.74, 6) is 0.692. The van der Waals surface area contributed by atoms with Crippen LogP contribution in [0.4, 0.5) is 0 Å². The van der Waals surface area contributed by atoms with Gasteiger partial charge in [0, 0.05) is 33.9 Å². The Morgan fingerprint density at radius 3 is 1.55 bits per heavy atom. The minimum absolute atomic E-state index is 0.0958. The van der Waals surface area contributed by atoms with E-state index in [-0.39, 0.29) is 5.41 Å². The highest BCUT2D eigenvalue weighted by molar-refractivity contribution is 5.86. The third-order valence-electron chi connectivity index (χ3n) is 10.2. The number of nitrogens with zero attached hydrogens (tertiary/aromatic N) is 3. The van der Waals surface area contributed by atoms with Crippen LogP contribution in [-0.4, -0.2) is 15.0 Å². The van der Waals surface area contributed by atoms with E-state index in [0.717, 1.165) is 56.0 Å². The highest BCUT2D eigenvalue weighted by Gasteiger charge is 2.35. The Labute approximate surface area is 299 Å². The topological polar surface area (TPSA) is 38.7 Å². The fourth-order valence-corrected chi connectivity index (χ4v) is 7.43. The Morgan fingerprint density at radius 1 is 0.353 bits per heavy atom. The van der Waals surface area contributed by atoms with Gasteiger partial charge >= 0.3 is 0 Å². The summed E-state index contributed by atoms with van der Waals surface area (Å²) >= 11 is 0. The van der Waals surface area contributed by atoms with Crippen molar-refractivity contribution in [2.45, 2.75) is 19.3 Å². The van der Waals surface area contributed by atoms with Crippen molar-refractivity contribution in [2.24, 2.45) is 0 Å². The van der Waals surface area contributed by atoms with Crippen molar-refractivity contribution in [1.82, 2.24) is 15.0 Å². The molecule has 0 amide bonds. The standard InChI is InChI=1S/C48H35N3/c1-48(2)42-18-10-9-17-40(42)41-25-24-36(30-43(41)48)38-27-37(32-20-22-35(23-21-32)44-19-11-12-26-49-44)28-39(29-38)47-50-45(33-13-5-3-6-14-33)31-46(51-47)34-15-7-4-8-16-34/h3-31H,1-2H3. The summed E-state index contributed by atoms with van der Waals surface area (Å²) in [6, 6.07) is 60.0. The summed E-state index contributed by atoms with van der Waals surface area (Å²) in [5, 5.41) is 0. The molecule has 0 saturated heterocycles. The normalized spacial score (nSPS) is 12.7. The second-order valence-corrected chi connectivity index (χ2v) is 13.7. The van der Waals surface area contributed by atoms with Gasteiger partial charge in [-0.15, -0.1) is 0 Å². The number of aromatic nitrogens is 3. The Hall–Kier alpha value is -6.45. The molecule has 0 unspecified atom stereocenters. The molecule has 8 aromatic rings. The number of hydrogen-bond acceptors (Lipinski definition) is 3. The summed E-state index contributed by atoms with van der Waals surface area (Å²) in [5.41, 5.74) is 16.7. The van der Waals surface area contributed by atoms with Crippen molar-refractivity contribution in [3.05, 3.63) is 187 Å². The highest BCUT2D eigenvalue weighted by atomic mass is 14.9. The maximum absolute atomic E-state index is 5.21. The van der Waals surface area contributed by atoms with Crippen LogP contribution in [0.15, 0.2) is 176 Å². The van der Waals surface area contributed by atoms with Crippen LogP contribution < -0.4 is 0 Å². The van der Waals surface area contributed by atoms with E-state index < -0.39 is 0 Å². The Bertz CT molecular complexity index is 2460. The third-order valence-corrected chi connectivity index (χ3v) is 10.2. The fourth-order valence-electron chi connectivity index (χ4n) is 7.43. The van der Waals surface area contributed by atoms with Crippen LogP contribution in [0.25, 0.3) is 78.5 Å². The Kier molecular flexibility index (Phi) is 7.48. The molecule has 3 heteroatoms. The molecule has 0 aliphatic heterocycles. The van der Waals surface area contributed by atoms with Gasteiger partial charge in [0.15, 0.2) is 5.82 Å². The molecule has 51 heavy (non-hydrogen) atoms. The average Bonchev–Trinajstić information content (AvgIpc) is 3.44. The van der Waals surface area contributed by atoms with Crippen molar-refractivity contribution < 1.29 is 0 Å². The van der Waals surface area contributed by atoms with Crippen LogP contribution in [0.5, 0.6) is 0 Å². The number of pyridine rings is 1. The molecule has 6 aromatic carbocycles. The van der Waals surface area contributed by atoms with Gasteiger partial charge in [0.25, 0.3) is 0 Å². The largest absolute Gasteiger partial charge is 0.256 e. The number of fused-ring (bicyclic) bond motifs is 3. The number of benzene rings is 6. The predicted octanol–water partition coefficient (Wildman–Crippen LogP) is 12.2. The smallest absolute Gasteiger partial charge is 0.160 e. The molecule has 9 rings (SSSR count). The van der Waals surface area contributed by atoms with Gasteiger partial charge < -0.3 is 0 Å². The van der Waals surface area contributed by atoms with Crippen LogP contribution in [0.3, 0.4) is 0 Å². The minimum atomic E-state index is -0.0958. The molecular weight excluding hydrogens is 619 g/mol. The molecule has 0 fully saturated rings. The molecule has 0 saturated carbocycles. The lowest BCUT2D eigenvalue weighted by Gasteiger charge is -2.22. The predicted molar refractivity (Wildman–Crippen MR) is 210 cm³/mol. The second-order valence-electron chi connectivity index (χ2n) is 13.7. The van der Waals surface area contributed by atoms with Gasteiger partial charge in [0.2, 0.25) is 0 Å². The number of rotatable bonds is 6. The molecule has 1 aliphatic rings. The lowest BCUT2D eigenvalue weighted by molar-refractivity contribution is 0.660. The second kappa shape index (κ2) is 12.5. The van der Waals surface area contributed by atoms with E-state index in [1.54, 1.807) is 0 Å². The molecule has 0 radical (unpaired) electrons. The van der Waals surface area contributed by atoms with Gasteiger partial charge in [0.1, 0.15) is 0 Å². The zero-order chi connectivity index (χ0) is 34.4. The van der Waals surface area contributed by atoms with E-state index >= 15 is 0 Å². The summed E-state index contributed by atoms with van der Waals surface area (Å²) < 4.78 is 0. The van der Waals surface area contributed by atoms with Crippen LogP contribution >= 0.6 is 0 Å². The van der Waals surface area contributed by atoms with Crippen molar-refractivity contribution in [3.8, 4) is 78.5 Å². The molecule has 0 N–H and O–H groups in total. The molecule has 2 aromatic heterocycles. The molecule has 242 valence electrons. The van der Waals surface area contributed by atoms with E-state index in [1.807, 2.05) is 36.5 Å². The lowest BCUT2D eigenvalue weighted by atomic mass is 9.81. The van der Waals surface area contributed by atoms with E-state index in [4.69, 9.17) is 9.97 Å². The van der Waals surface area contributed by atoms with Crippen molar-refractivity contribution in [3.63, 3.8) is 0 Å². The molecule has 0 atom stereocenters. The van der Waals surface area contributed by atoms with Crippen molar-refractivity contribution in [1.29, 1.82) is 0 Å². The third kappa shape index (κ3) is 5.63. The Morgan fingerprint density at radius 2 is 0.882 bits per heavy atom. The zero-order valence-electron chi connectivity index (χ0n) is 28.6. The first-order chi connectivity index (χ1) is 25.0. The van der Waals surface area contributed by atoms with Crippen molar-refractivity contribution in [2.75, 3.05) is 0 Å². The van der Waals surface area contributed by atoms with E-state index in [1.165, 1.54) is 27.8 Å². The monoisotopic (exact) mass is 653 g/mol. The summed E-state index contributed by atoms with van der Waals surface area (Å²) in [4.78, 5) is 15.0. The van der Waals surface area contributed by atoms with Crippen LogP contribution in [-0.2, 0) is 5.41 Å². The first-order valence-corrected chi connectivity index (χ1v) is 17.4. The lowest BCUT2D eigenvalue weighted by Crippen LogP contribution is -2.14. The van der Waals surface area contributed by atoms with E-state index in [0.29, 0.717) is 5.82 Å². The van der Waals surface area contributed by atoms with Gasteiger partial charge in [-0.2, -0.15) is 0 Å². The van der Waals surface area contributed by atoms with Gasteiger partial charge in [-0.25, -0.2) is 9.97 Å². The van der Waals surface area contributed by atoms with Crippen LogP contribution in [0, 0.1) is 0 Å². The van der Waals surface area contributed by atoms with Gasteiger partial charge in [-0.05, 0) is 87.0 Å². The van der Waals surface area contributed by atoms with Gasteiger partial charge in [0.05, 0.1) is 17.1 Å². The summed E-state index contributed by atoms with van der Waals surface area (Å²) in [6.07, 6.45) is 1.84. The van der Waals surface area contributed by atoms with Crippen molar-refractivity contribution >= 4 is 0 Å². The maximum Gasteiger partial charge on any atom is 0.160 e. The first-order valence-electron chi connectivity index (χ1n) is 17.4. The first kappa shape index (κ1) is 30.6. The molecule has 3 nitrogen and oxygen atoms in total. The fraction of sp³-hybridized carbons (Fsp3) is 0.0625. The molecule has 0 bridgehead atoms. The van der Waals surface area contributed by atoms with Crippen LogP contribution in [0.2, 0.25) is 0 Å². The average molecular weight is 654 g/mol. The minimum Gasteiger partial charge on any atom is -0.256 e. The van der Waals surface area contributed by atoms with Gasteiger partial charge in [-0.3, -0.25) is 4.98 Å².